The number of hydrogen-bond acceptors (Lipinski definition) is 2. The minimum absolute atomic E-state index is 0.421. The van der Waals surface area contributed by atoms with Crippen LogP contribution in [0.2, 0.25) is 0 Å². The summed E-state index contributed by atoms with van der Waals surface area (Å²) in [5.41, 5.74) is 4.76. The molecule has 1 saturated carbocycles. The second kappa shape index (κ2) is 8.11. The monoisotopic (exact) mass is 352 g/mol. The molecule has 0 heterocycles. The molecule has 2 aromatic rings. The molecule has 1 N–H and O–H groups in total. The summed E-state index contributed by atoms with van der Waals surface area (Å²) >= 11 is -2.39. The van der Waals surface area contributed by atoms with Gasteiger partial charge in [0.25, 0.3) is 11.3 Å². The quantitative estimate of drug-likeness (QED) is 0.471. The van der Waals surface area contributed by atoms with Crippen LogP contribution in [0.5, 0.6) is 0 Å². The first-order chi connectivity index (χ1) is 12.2. The van der Waals surface area contributed by atoms with E-state index in [0.29, 0.717) is 5.69 Å². The van der Waals surface area contributed by atoms with Crippen molar-refractivity contribution in [3.63, 3.8) is 0 Å². The highest BCUT2D eigenvalue weighted by atomic mass is 32.2. The first-order valence-corrected chi connectivity index (χ1v) is 9.45. The van der Waals surface area contributed by atoms with Crippen molar-refractivity contribution in [2.45, 2.75) is 32.1 Å². The van der Waals surface area contributed by atoms with Crippen molar-refractivity contribution >= 4 is 23.0 Å². The molecular weight excluding hydrogens is 332 g/mol. The van der Waals surface area contributed by atoms with Crippen LogP contribution in [-0.2, 0) is 11.3 Å². The summed E-state index contributed by atoms with van der Waals surface area (Å²) in [5.74, 6) is 0. The topological polar surface area (TPSA) is 64.3 Å². The normalized spacial score (nSPS) is 15.3. The Hall–Kier alpha value is -2.42. The van der Waals surface area contributed by atoms with Crippen LogP contribution in [0.15, 0.2) is 54.1 Å². The number of anilines is 1. The summed E-state index contributed by atoms with van der Waals surface area (Å²) < 4.78 is 21.5. The Labute approximate surface area is 150 Å². The summed E-state index contributed by atoms with van der Waals surface area (Å²) in [4.78, 5) is 0. The van der Waals surface area contributed by atoms with Gasteiger partial charge in [-0.1, -0.05) is 60.5 Å². The van der Waals surface area contributed by atoms with Gasteiger partial charge in [-0.05, 0) is 42.9 Å². The molecule has 0 aromatic heterocycles. The molecule has 2 aromatic carbocycles. The number of hydrogen-bond donors (Lipinski definition) is 1. The van der Waals surface area contributed by atoms with Gasteiger partial charge in [0, 0.05) is 5.56 Å². The van der Waals surface area contributed by atoms with E-state index in [4.69, 9.17) is 5.26 Å². The van der Waals surface area contributed by atoms with Crippen molar-refractivity contribution < 1.29 is 8.76 Å². The van der Waals surface area contributed by atoms with Crippen LogP contribution >= 0.6 is 0 Å². The molecule has 1 unspecified atom stereocenters. The zero-order valence-electron chi connectivity index (χ0n) is 13.9. The largest absolute Gasteiger partial charge is 0.288 e. The molecule has 1 atom stereocenters. The molecule has 1 aliphatic carbocycles. The van der Waals surface area contributed by atoms with Crippen molar-refractivity contribution in [3.8, 4) is 17.3 Å². The molecule has 0 bridgehead atoms. The van der Waals surface area contributed by atoms with Gasteiger partial charge in [-0.25, -0.2) is 4.21 Å². The minimum atomic E-state index is -2.39. The molecule has 3 rings (SSSR count). The fourth-order valence-corrected chi connectivity index (χ4v) is 3.61. The number of para-hydroxylation sites is 1. The van der Waals surface area contributed by atoms with E-state index in [1.807, 2.05) is 24.3 Å². The molecule has 1 fully saturated rings. The van der Waals surface area contributed by atoms with Crippen LogP contribution in [0.1, 0.15) is 37.7 Å². The highest BCUT2D eigenvalue weighted by molar-refractivity contribution is 7.81. The zero-order valence-corrected chi connectivity index (χ0v) is 14.7. The van der Waals surface area contributed by atoms with Crippen LogP contribution in [-0.4, -0.2) is 8.76 Å². The van der Waals surface area contributed by atoms with Crippen LogP contribution in [0, 0.1) is 11.5 Å². The van der Waals surface area contributed by atoms with Crippen molar-refractivity contribution in [2.75, 3.05) is 4.31 Å². The van der Waals surface area contributed by atoms with Gasteiger partial charge < -0.3 is 0 Å². The lowest BCUT2D eigenvalue weighted by atomic mass is 9.93. The Bertz CT molecular complexity index is 830. The van der Waals surface area contributed by atoms with E-state index in [0.717, 1.165) is 15.4 Å². The third-order valence-corrected chi connectivity index (χ3v) is 5.05. The van der Waals surface area contributed by atoms with Gasteiger partial charge >= 0.3 is 0 Å². The summed E-state index contributed by atoms with van der Waals surface area (Å²) in [6.07, 6.45) is 10.3. The summed E-state index contributed by atoms with van der Waals surface area (Å²) in [6.45, 7) is 0. The number of benzene rings is 2. The van der Waals surface area contributed by atoms with Crippen molar-refractivity contribution in [3.05, 3.63) is 59.7 Å². The summed E-state index contributed by atoms with van der Waals surface area (Å²) in [5, 5.41) is 9.16. The minimum Gasteiger partial charge on any atom is -0.288 e. The number of nitrogens with zero attached hydrogens (tertiary/aromatic N) is 2. The van der Waals surface area contributed by atoms with Crippen molar-refractivity contribution in [1.82, 2.24) is 0 Å². The molecule has 5 heteroatoms. The molecular formula is C20H20N2O2S. The maximum absolute atomic E-state index is 11.4. The predicted octanol–water partition coefficient (Wildman–Crippen LogP) is 5.13. The van der Waals surface area contributed by atoms with Gasteiger partial charge in [0.1, 0.15) is 0 Å². The fourth-order valence-electron chi connectivity index (χ4n) is 3.21. The van der Waals surface area contributed by atoms with E-state index in [1.165, 1.54) is 43.2 Å². The standard InChI is InChI=1S/C20H20N2O2S/c21-15-22(25(23)24)20-9-5-4-8-19(20)18-12-10-17(11-13-18)14-16-6-2-1-3-7-16/h4-5,8-14H,1-3,6-7H2,(H,23,24). The first kappa shape index (κ1) is 17.4. The van der Waals surface area contributed by atoms with E-state index in [9.17, 15) is 8.76 Å². The first-order valence-electron chi connectivity index (χ1n) is 8.39. The smallest absolute Gasteiger partial charge is 0.275 e. The van der Waals surface area contributed by atoms with Gasteiger partial charge in [-0.15, -0.1) is 0 Å². The molecule has 128 valence electrons. The highest BCUT2D eigenvalue weighted by Gasteiger charge is 2.16. The van der Waals surface area contributed by atoms with Gasteiger partial charge in [-0.3, -0.25) is 4.55 Å². The van der Waals surface area contributed by atoms with Gasteiger partial charge in [-0.2, -0.15) is 9.57 Å². The second-order valence-electron chi connectivity index (χ2n) is 6.13. The number of nitriles is 1. The lowest BCUT2D eigenvalue weighted by molar-refractivity contribution is 0.564. The lowest BCUT2D eigenvalue weighted by Gasteiger charge is -2.15. The van der Waals surface area contributed by atoms with E-state index >= 15 is 0 Å². The van der Waals surface area contributed by atoms with E-state index in [1.54, 1.807) is 18.3 Å². The zero-order chi connectivity index (χ0) is 17.6. The molecule has 4 nitrogen and oxygen atoms in total. The summed E-state index contributed by atoms with van der Waals surface area (Å²) in [6, 6.07) is 15.2. The average Bonchev–Trinajstić information content (AvgIpc) is 2.64. The Kier molecular flexibility index (Phi) is 5.64. The molecule has 1 aliphatic rings. The van der Waals surface area contributed by atoms with Gasteiger partial charge in [0.05, 0.1) is 5.69 Å². The maximum Gasteiger partial charge on any atom is 0.275 e. The van der Waals surface area contributed by atoms with Crippen molar-refractivity contribution in [1.29, 1.82) is 5.26 Å². The van der Waals surface area contributed by atoms with Gasteiger partial charge in [0.2, 0.25) is 0 Å². The Morgan fingerprint density at radius 2 is 1.72 bits per heavy atom. The highest BCUT2D eigenvalue weighted by Crippen LogP contribution is 2.32. The Morgan fingerprint density at radius 3 is 2.36 bits per heavy atom. The van der Waals surface area contributed by atoms with E-state index in [-0.39, 0.29) is 0 Å². The molecule has 0 saturated heterocycles. The predicted molar refractivity (Wildman–Crippen MR) is 102 cm³/mol. The lowest BCUT2D eigenvalue weighted by Crippen LogP contribution is -2.19. The Balaban J connectivity index is 1.91. The molecule has 25 heavy (non-hydrogen) atoms. The third-order valence-electron chi connectivity index (χ3n) is 4.46. The fraction of sp³-hybridized carbons (Fsp3) is 0.250. The second-order valence-corrected chi connectivity index (χ2v) is 6.95. The SMILES string of the molecule is N#CN(c1ccccc1-c1ccc(C=C2CCCCC2)cc1)S(=O)O. The Morgan fingerprint density at radius 1 is 1.04 bits per heavy atom. The molecule has 0 radical (unpaired) electrons. The van der Waals surface area contributed by atoms with Crippen LogP contribution in [0.4, 0.5) is 5.69 Å². The van der Waals surface area contributed by atoms with Crippen molar-refractivity contribution in [2.24, 2.45) is 0 Å². The van der Waals surface area contributed by atoms with Gasteiger partial charge in [0.15, 0.2) is 6.19 Å². The number of rotatable bonds is 4. The van der Waals surface area contributed by atoms with Crippen LogP contribution in [0.3, 0.4) is 0 Å². The van der Waals surface area contributed by atoms with E-state index in [2.05, 4.69) is 18.2 Å². The van der Waals surface area contributed by atoms with E-state index < -0.39 is 11.3 Å². The van der Waals surface area contributed by atoms with Crippen LogP contribution < -0.4 is 4.31 Å². The maximum atomic E-state index is 11.4. The van der Waals surface area contributed by atoms with Crippen LogP contribution in [0.25, 0.3) is 17.2 Å². The molecule has 0 spiro atoms. The average molecular weight is 352 g/mol. The molecule has 0 aliphatic heterocycles. The number of allylic oxidation sites excluding steroid dienone is 1. The summed E-state index contributed by atoms with van der Waals surface area (Å²) in [7, 11) is 0. The molecule has 0 amide bonds. The third kappa shape index (κ3) is 4.16.